The van der Waals surface area contributed by atoms with Gasteiger partial charge in [0.25, 0.3) is 0 Å². The Balaban J connectivity index is 1.94. The highest BCUT2D eigenvalue weighted by Crippen LogP contribution is 2.11. The maximum Gasteiger partial charge on any atom is 0.191 e. The van der Waals surface area contributed by atoms with Crippen LogP contribution < -0.4 is 10.6 Å². The lowest BCUT2D eigenvalue weighted by atomic mass is 10.1. The second kappa shape index (κ2) is 8.83. The average Bonchev–Trinajstić information content (AvgIpc) is 3.04. The quantitative estimate of drug-likeness (QED) is 0.468. The van der Waals surface area contributed by atoms with Crippen molar-refractivity contribution >= 4 is 5.96 Å². The van der Waals surface area contributed by atoms with Gasteiger partial charge in [0.05, 0.1) is 12.8 Å². The van der Waals surface area contributed by atoms with E-state index >= 15 is 0 Å². The second-order valence-electron chi connectivity index (χ2n) is 5.52. The fourth-order valence-electron chi connectivity index (χ4n) is 2.29. The third-order valence-electron chi connectivity index (χ3n) is 3.56. The molecule has 1 aromatic carbocycles. The maximum atomic E-state index is 5.34. The second-order valence-corrected chi connectivity index (χ2v) is 5.52. The summed E-state index contributed by atoms with van der Waals surface area (Å²) in [7, 11) is 0. The Hall–Kier alpha value is -2.49. The van der Waals surface area contributed by atoms with Crippen molar-refractivity contribution in [1.29, 1.82) is 0 Å². The number of aryl methyl sites for hydroxylation is 2. The van der Waals surface area contributed by atoms with Gasteiger partial charge in [-0.15, -0.1) is 6.58 Å². The molecule has 122 valence electrons. The van der Waals surface area contributed by atoms with E-state index in [1.807, 2.05) is 18.2 Å². The zero-order chi connectivity index (χ0) is 16.5. The molecule has 0 saturated carbocycles. The van der Waals surface area contributed by atoms with Gasteiger partial charge in [-0.1, -0.05) is 29.8 Å². The molecule has 4 heteroatoms. The first-order valence-corrected chi connectivity index (χ1v) is 7.90. The minimum Gasteiger partial charge on any atom is -0.469 e. The first-order valence-electron chi connectivity index (χ1n) is 7.90. The summed E-state index contributed by atoms with van der Waals surface area (Å²) in [6.45, 7) is 10.1. The maximum absolute atomic E-state index is 5.34. The lowest BCUT2D eigenvalue weighted by Crippen LogP contribution is -2.38. The molecule has 0 atom stereocenters. The molecule has 2 N–H and O–H groups in total. The van der Waals surface area contributed by atoms with E-state index in [1.165, 1.54) is 16.7 Å². The molecule has 0 aliphatic rings. The number of aliphatic imine (C=N–C) groups is 1. The number of rotatable bonds is 7. The first-order chi connectivity index (χ1) is 11.2. The van der Waals surface area contributed by atoms with Gasteiger partial charge in [0.2, 0.25) is 0 Å². The summed E-state index contributed by atoms with van der Waals surface area (Å²) in [4.78, 5) is 4.66. The Kier molecular flexibility index (Phi) is 6.48. The van der Waals surface area contributed by atoms with E-state index in [1.54, 1.807) is 6.26 Å². The van der Waals surface area contributed by atoms with Gasteiger partial charge < -0.3 is 15.1 Å². The fourth-order valence-corrected chi connectivity index (χ4v) is 2.29. The fraction of sp³-hybridized carbons (Fsp3) is 0.316. The number of furan rings is 1. The van der Waals surface area contributed by atoms with Gasteiger partial charge in [0, 0.05) is 19.5 Å². The van der Waals surface area contributed by atoms with Crippen molar-refractivity contribution in [1.82, 2.24) is 10.6 Å². The van der Waals surface area contributed by atoms with E-state index in [2.05, 4.69) is 54.3 Å². The first kappa shape index (κ1) is 16.9. The molecule has 0 fully saturated rings. The van der Waals surface area contributed by atoms with Crippen molar-refractivity contribution in [2.45, 2.75) is 26.8 Å². The largest absolute Gasteiger partial charge is 0.469 e. The number of nitrogens with zero attached hydrogens (tertiary/aromatic N) is 1. The molecule has 2 aromatic rings. The van der Waals surface area contributed by atoms with Crippen molar-refractivity contribution in [2.75, 3.05) is 13.1 Å². The summed E-state index contributed by atoms with van der Waals surface area (Å²) in [6, 6.07) is 10.3. The smallest absolute Gasteiger partial charge is 0.191 e. The molecule has 1 aromatic heterocycles. The molecule has 0 saturated heterocycles. The predicted octanol–water partition coefficient (Wildman–Crippen LogP) is 3.36. The van der Waals surface area contributed by atoms with Crippen LogP contribution in [0.25, 0.3) is 0 Å². The Bertz CT molecular complexity index is 645. The predicted molar refractivity (Wildman–Crippen MR) is 95.7 cm³/mol. The summed E-state index contributed by atoms with van der Waals surface area (Å²) in [5, 5.41) is 6.57. The number of hydrogen-bond donors (Lipinski definition) is 2. The summed E-state index contributed by atoms with van der Waals surface area (Å²) in [5.41, 5.74) is 3.78. The number of nitrogens with one attached hydrogen (secondary N) is 2. The van der Waals surface area contributed by atoms with Crippen LogP contribution >= 0.6 is 0 Å². The standard InChI is InChI=1S/C19H25N3O/c1-4-10-20-19(21-11-9-18-6-5-12-23-18)22-14-17-8-7-15(2)13-16(17)3/h4-8,12-13H,1,9-11,14H2,2-3H3,(H2,20,21,22). The molecule has 4 nitrogen and oxygen atoms in total. The van der Waals surface area contributed by atoms with Crippen molar-refractivity contribution in [3.05, 3.63) is 71.7 Å². The highest BCUT2D eigenvalue weighted by molar-refractivity contribution is 5.79. The third-order valence-corrected chi connectivity index (χ3v) is 3.56. The normalized spacial score (nSPS) is 11.3. The highest BCUT2D eigenvalue weighted by atomic mass is 16.3. The summed E-state index contributed by atoms with van der Waals surface area (Å²) < 4.78 is 5.34. The van der Waals surface area contributed by atoms with E-state index in [0.717, 1.165) is 24.7 Å². The molecule has 1 heterocycles. The topological polar surface area (TPSA) is 49.6 Å². The minimum atomic E-state index is 0.652. The van der Waals surface area contributed by atoms with E-state index in [-0.39, 0.29) is 0 Å². The van der Waals surface area contributed by atoms with Crippen molar-refractivity contribution in [2.24, 2.45) is 4.99 Å². The molecule has 0 spiro atoms. The molecule has 0 bridgehead atoms. The SMILES string of the molecule is C=CCNC(=NCc1ccc(C)cc1C)NCCc1ccco1. The highest BCUT2D eigenvalue weighted by Gasteiger charge is 2.01. The van der Waals surface area contributed by atoms with Crippen LogP contribution in [-0.4, -0.2) is 19.0 Å². The average molecular weight is 311 g/mol. The summed E-state index contributed by atoms with van der Waals surface area (Å²) in [6.07, 6.45) is 4.34. The molecule has 0 amide bonds. The lowest BCUT2D eigenvalue weighted by molar-refractivity contribution is 0.507. The Morgan fingerprint density at radius 3 is 2.83 bits per heavy atom. The van der Waals surface area contributed by atoms with E-state index in [9.17, 15) is 0 Å². The van der Waals surface area contributed by atoms with Gasteiger partial charge in [-0.3, -0.25) is 0 Å². The number of hydrogen-bond acceptors (Lipinski definition) is 2. The van der Waals surface area contributed by atoms with Crippen LogP contribution in [0.2, 0.25) is 0 Å². The van der Waals surface area contributed by atoms with Gasteiger partial charge >= 0.3 is 0 Å². The molecule has 0 radical (unpaired) electrons. The van der Waals surface area contributed by atoms with Crippen LogP contribution in [-0.2, 0) is 13.0 Å². The molecule has 0 aliphatic carbocycles. The summed E-state index contributed by atoms with van der Waals surface area (Å²) in [5.74, 6) is 1.76. The Labute approximate surface area is 138 Å². The monoisotopic (exact) mass is 311 g/mol. The van der Waals surface area contributed by atoms with E-state index in [0.29, 0.717) is 13.1 Å². The molecule has 0 unspecified atom stereocenters. The lowest BCUT2D eigenvalue weighted by Gasteiger charge is -2.11. The number of guanidine groups is 1. The van der Waals surface area contributed by atoms with Gasteiger partial charge in [0.1, 0.15) is 5.76 Å². The third kappa shape index (κ3) is 5.66. The number of benzene rings is 1. The molecular weight excluding hydrogens is 286 g/mol. The van der Waals surface area contributed by atoms with Gasteiger partial charge in [0.15, 0.2) is 5.96 Å². The van der Waals surface area contributed by atoms with Crippen LogP contribution in [0.15, 0.2) is 58.7 Å². The molecule has 0 aliphatic heterocycles. The summed E-state index contributed by atoms with van der Waals surface area (Å²) >= 11 is 0. The minimum absolute atomic E-state index is 0.652. The molecule has 2 rings (SSSR count). The van der Waals surface area contributed by atoms with E-state index in [4.69, 9.17) is 4.42 Å². The van der Waals surface area contributed by atoms with E-state index < -0.39 is 0 Å². The van der Waals surface area contributed by atoms with Crippen LogP contribution in [0.4, 0.5) is 0 Å². The van der Waals surface area contributed by atoms with Crippen LogP contribution in [0.3, 0.4) is 0 Å². The van der Waals surface area contributed by atoms with Gasteiger partial charge in [-0.05, 0) is 37.1 Å². The Morgan fingerprint density at radius 2 is 2.13 bits per heavy atom. The van der Waals surface area contributed by atoms with Crippen molar-refractivity contribution in [3.8, 4) is 0 Å². The van der Waals surface area contributed by atoms with Gasteiger partial charge in [-0.2, -0.15) is 0 Å². The van der Waals surface area contributed by atoms with Crippen molar-refractivity contribution in [3.63, 3.8) is 0 Å². The zero-order valence-electron chi connectivity index (χ0n) is 13.9. The Morgan fingerprint density at radius 1 is 1.26 bits per heavy atom. The van der Waals surface area contributed by atoms with Crippen LogP contribution in [0.1, 0.15) is 22.5 Å². The molecule has 23 heavy (non-hydrogen) atoms. The van der Waals surface area contributed by atoms with Crippen LogP contribution in [0.5, 0.6) is 0 Å². The molecular formula is C19H25N3O. The zero-order valence-corrected chi connectivity index (χ0v) is 13.9. The van der Waals surface area contributed by atoms with Crippen molar-refractivity contribution < 1.29 is 4.42 Å². The van der Waals surface area contributed by atoms with Gasteiger partial charge in [-0.25, -0.2) is 4.99 Å². The van der Waals surface area contributed by atoms with Crippen LogP contribution in [0, 0.1) is 13.8 Å².